The average molecular weight is 330 g/mol. The molecule has 0 spiro atoms. The van der Waals surface area contributed by atoms with Gasteiger partial charge in [0.1, 0.15) is 6.33 Å². The number of thioether (sulfide) groups is 1. The van der Waals surface area contributed by atoms with Crippen LogP contribution < -0.4 is 0 Å². The summed E-state index contributed by atoms with van der Waals surface area (Å²) in [7, 11) is 1.89. The van der Waals surface area contributed by atoms with E-state index in [-0.39, 0.29) is 5.91 Å². The van der Waals surface area contributed by atoms with Gasteiger partial charge in [0.2, 0.25) is 5.91 Å². The summed E-state index contributed by atoms with van der Waals surface area (Å²) in [5.74, 6) is 1.22. The molecule has 1 aromatic heterocycles. The molecule has 1 atom stereocenters. The number of nitrogens with zero attached hydrogens (tertiary/aromatic N) is 4. The third-order valence-corrected chi connectivity index (χ3v) is 5.33. The maximum absolute atomic E-state index is 12.8. The number of carbonyl (C=O) groups is 1. The summed E-state index contributed by atoms with van der Waals surface area (Å²) >= 11 is 1.45. The van der Waals surface area contributed by atoms with E-state index in [1.807, 2.05) is 34.7 Å². The van der Waals surface area contributed by atoms with E-state index in [1.54, 1.807) is 6.33 Å². The van der Waals surface area contributed by atoms with E-state index in [4.69, 9.17) is 0 Å². The Labute approximate surface area is 141 Å². The number of aromatic nitrogens is 3. The number of carbonyl (C=O) groups excluding carboxylic acids is 1. The number of hydrogen-bond donors (Lipinski definition) is 0. The lowest BCUT2D eigenvalue weighted by Gasteiger charge is -2.29. The van der Waals surface area contributed by atoms with Crippen LogP contribution in [0.25, 0.3) is 0 Å². The van der Waals surface area contributed by atoms with Gasteiger partial charge >= 0.3 is 0 Å². The number of amides is 1. The minimum Gasteiger partial charge on any atom is -0.335 e. The van der Waals surface area contributed by atoms with Crippen molar-refractivity contribution >= 4 is 17.7 Å². The second-order valence-electron chi connectivity index (χ2n) is 6.10. The Balaban J connectivity index is 1.66. The van der Waals surface area contributed by atoms with Gasteiger partial charge in [-0.15, -0.1) is 10.2 Å². The number of rotatable bonds is 7. The third-order valence-electron chi connectivity index (χ3n) is 4.31. The van der Waals surface area contributed by atoms with Crippen LogP contribution in [0.1, 0.15) is 25.3 Å². The Morgan fingerprint density at radius 3 is 2.74 bits per heavy atom. The Morgan fingerprint density at radius 1 is 1.39 bits per heavy atom. The highest BCUT2D eigenvalue weighted by Crippen LogP contribution is 2.36. The van der Waals surface area contributed by atoms with Crippen LogP contribution in [-0.4, -0.2) is 37.4 Å². The summed E-state index contributed by atoms with van der Waals surface area (Å²) in [4.78, 5) is 14.8. The van der Waals surface area contributed by atoms with Gasteiger partial charge in [-0.1, -0.05) is 42.1 Å². The van der Waals surface area contributed by atoms with Gasteiger partial charge in [-0.2, -0.15) is 0 Å². The fourth-order valence-corrected chi connectivity index (χ4v) is 3.46. The first-order valence-corrected chi connectivity index (χ1v) is 8.94. The fraction of sp³-hybridized carbons (Fsp3) is 0.471. The molecular weight excluding hydrogens is 308 g/mol. The molecule has 2 aromatic rings. The van der Waals surface area contributed by atoms with Crippen LogP contribution in [0, 0.1) is 5.92 Å². The van der Waals surface area contributed by atoms with Crippen molar-refractivity contribution in [3.8, 4) is 0 Å². The van der Waals surface area contributed by atoms with Gasteiger partial charge in [0.05, 0.1) is 5.75 Å². The van der Waals surface area contributed by atoms with Gasteiger partial charge < -0.3 is 9.47 Å². The topological polar surface area (TPSA) is 51.0 Å². The summed E-state index contributed by atoms with van der Waals surface area (Å²) in [6, 6.07) is 10.5. The molecule has 3 rings (SSSR count). The van der Waals surface area contributed by atoms with Crippen molar-refractivity contribution in [2.75, 3.05) is 5.75 Å². The predicted molar refractivity (Wildman–Crippen MR) is 90.9 cm³/mol. The average Bonchev–Trinajstić information content (AvgIpc) is 3.34. The molecule has 1 unspecified atom stereocenters. The molecular formula is C17H22N4OS. The molecule has 1 aliphatic rings. The van der Waals surface area contributed by atoms with Gasteiger partial charge in [0, 0.05) is 19.6 Å². The van der Waals surface area contributed by atoms with Gasteiger partial charge in [0.15, 0.2) is 5.16 Å². The predicted octanol–water partition coefficient (Wildman–Crippen LogP) is 2.73. The lowest BCUT2D eigenvalue weighted by atomic mass is 10.1. The Hall–Kier alpha value is -1.82. The van der Waals surface area contributed by atoms with E-state index in [1.165, 1.54) is 30.2 Å². The largest absolute Gasteiger partial charge is 0.335 e. The van der Waals surface area contributed by atoms with E-state index >= 15 is 0 Å². The zero-order chi connectivity index (χ0) is 16.2. The standard InChI is InChI=1S/C17H22N4OS/c1-13(15-8-9-15)21(10-14-6-4-3-5-7-14)16(22)11-23-17-19-18-12-20(17)2/h3-7,12-13,15H,8-11H2,1-2H3. The van der Waals surface area contributed by atoms with Crippen molar-refractivity contribution in [3.05, 3.63) is 42.2 Å². The lowest BCUT2D eigenvalue weighted by molar-refractivity contribution is -0.131. The quantitative estimate of drug-likeness (QED) is 0.733. The van der Waals surface area contributed by atoms with E-state index in [0.29, 0.717) is 24.3 Å². The number of hydrogen-bond acceptors (Lipinski definition) is 4. The van der Waals surface area contributed by atoms with Crippen LogP contribution in [0.5, 0.6) is 0 Å². The Bertz CT molecular complexity index is 654. The van der Waals surface area contributed by atoms with Crippen LogP contribution in [-0.2, 0) is 18.4 Å². The molecule has 1 aliphatic carbocycles. The molecule has 6 heteroatoms. The highest BCUT2D eigenvalue weighted by atomic mass is 32.2. The molecule has 122 valence electrons. The van der Waals surface area contributed by atoms with E-state index in [9.17, 15) is 4.79 Å². The van der Waals surface area contributed by atoms with Crippen molar-refractivity contribution in [3.63, 3.8) is 0 Å². The van der Waals surface area contributed by atoms with E-state index in [0.717, 1.165) is 5.16 Å². The first-order chi connectivity index (χ1) is 11.1. The second kappa shape index (κ2) is 7.17. The molecule has 1 amide bonds. The molecule has 0 saturated heterocycles. The van der Waals surface area contributed by atoms with Crippen molar-refractivity contribution in [1.29, 1.82) is 0 Å². The summed E-state index contributed by atoms with van der Waals surface area (Å²) in [5, 5.41) is 8.66. The molecule has 0 N–H and O–H groups in total. The molecule has 1 aromatic carbocycles. The summed E-state index contributed by atoms with van der Waals surface area (Å²) < 4.78 is 1.84. The van der Waals surface area contributed by atoms with Gasteiger partial charge in [-0.3, -0.25) is 4.79 Å². The summed E-state index contributed by atoms with van der Waals surface area (Å²) in [6.45, 7) is 2.85. The maximum Gasteiger partial charge on any atom is 0.233 e. The van der Waals surface area contributed by atoms with Crippen LogP contribution in [0.2, 0.25) is 0 Å². The van der Waals surface area contributed by atoms with E-state index in [2.05, 4.69) is 29.3 Å². The molecule has 5 nitrogen and oxygen atoms in total. The molecule has 1 fully saturated rings. The first-order valence-electron chi connectivity index (χ1n) is 7.95. The molecule has 23 heavy (non-hydrogen) atoms. The van der Waals surface area contributed by atoms with Gasteiger partial charge in [-0.25, -0.2) is 0 Å². The van der Waals surface area contributed by atoms with Crippen LogP contribution >= 0.6 is 11.8 Å². The maximum atomic E-state index is 12.8. The van der Waals surface area contributed by atoms with Crippen molar-refractivity contribution < 1.29 is 4.79 Å². The first kappa shape index (κ1) is 16.1. The normalized spacial score (nSPS) is 15.4. The van der Waals surface area contributed by atoms with Gasteiger partial charge in [0.25, 0.3) is 0 Å². The SMILES string of the molecule is CC(C1CC1)N(Cc1ccccc1)C(=O)CSc1nncn1C. The molecule has 1 heterocycles. The van der Waals surface area contributed by atoms with Crippen LogP contribution in [0.3, 0.4) is 0 Å². The Morgan fingerprint density at radius 2 is 2.13 bits per heavy atom. The zero-order valence-corrected chi connectivity index (χ0v) is 14.4. The van der Waals surface area contributed by atoms with Crippen LogP contribution in [0.4, 0.5) is 0 Å². The molecule has 0 radical (unpaired) electrons. The minimum atomic E-state index is 0.168. The molecule has 0 aliphatic heterocycles. The van der Waals surface area contributed by atoms with Crippen molar-refractivity contribution in [2.45, 2.75) is 37.5 Å². The second-order valence-corrected chi connectivity index (χ2v) is 7.04. The number of aryl methyl sites for hydroxylation is 1. The number of benzene rings is 1. The fourth-order valence-electron chi connectivity index (χ4n) is 2.69. The minimum absolute atomic E-state index is 0.168. The molecule has 0 bridgehead atoms. The van der Waals surface area contributed by atoms with E-state index < -0.39 is 0 Å². The Kier molecular flexibility index (Phi) is 5.00. The van der Waals surface area contributed by atoms with Crippen LogP contribution in [0.15, 0.2) is 41.8 Å². The lowest BCUT2D eigenvalue weighted by Crippen LogP contribution is -2.40. The monoisotopic (exact) mass is 330 g/mol. The van der Waals surface area contributed by atoms with Gasteiger partial charge in [-0.05, 0) is 31.2 Å². The highest BCUT2D eigenvalue weighted by molar-refractivity contribution is 7.99. The highest BCUT2D eigenvalue weighted by Gasteiger charge is 2.34. The third kappa shape index (κ3) is 4.13. The molecule has 1 saturated carbocycles. The summed E-state index contributed by atoms with van der Waals surface area (Å²) in [5.41, 5.74) is 1.18. The van der Waals surface area contributed by atoms with Crippen molar-refractivity contribution in [1.82, 2.24) is 19.7 Å². The smallest absolute Gasteiger partial charge is 0.233 e. The van der Waals surface area contributed by atoms with Crippen molar-refractivity contribution in [2.24, 2.45) is 13.0 Å². The zero-order valence-electron chi connectivity index (χ0n) is 13.6. The summed E-state index contributed by atoms with van der Waals surface area (Å²) in [6.07, 6.45) is 4.12.